The molecule has 1 amide bonds. The number of nitrogens with zero attached hydrogens (tertiary/aromatic N) is 2. The summed E-state index contributed by atoms with van der Waals surface area (Å²) >= 11 is 7.98. The van der Waals surface area contributed by atoms with Crippen molar-refractivity contribution in [1.82, 2.24) is 15.1 Å². The number of hydrogen-bond donors (Lipinski definition) is 1. The van der Waals surface area contributed by atoms with E-state index in [4.69, 9.17) is 11.6 Å². The van der Waals surface area contributed by atoms with Gasteiger partial charge in [0.25, 0.3) is 5.91 Å². The number of para-hydroxylation sites is 1. The first-order valence-electron chi connectivity index (χ1n) is 8.92. The zero-order valence-electron chi connectivity index (χ0n) is 14.3. The van der Waals surface area contributed by atoms with Crippen molar-refractivity contribution in [3.8, 4) is 16.3 Å². The van der Waals surface area contributed by atoms with E-state index in [1.807, 2.05) is 47.8 Å². The van der Waals surface area contributed by atoms with E-state index in [2.05, 4.69) is 10.4 Å². The van der Waals surface area contributed by atoms with E-state index in [1.165, 1.54) is 19.3 Å². The van der Waals surface area contributed by atoms with Crippen LogP contribution in [0.1, 0.15) is 42.6 Å². The lowest BCUT2D eigenvalue weighted by atomic mass is 9.95. The summed E-state index contributed by atoms with van der Waals surface area (Å²) in [7, 11) is 0. The number of rotatable bonds is 4. The van der Waals surface area contributed by atoms with E-state index < -0.39 is 0 Å². The van der Waals surface area contributed by atoms with Crippen molar-refractivity contribution in [3.05, 3.63) is 58.6 Å². The fourth-order valence-electron chi connectivity index (χ4n) is 3.40. The molecule has 26 heavy (non-hydrogen) atoms. The molecule has 2 aromatic heterocycles. The van der Waals surface area contributed by atoms with Gasteiger partial charge in [-0.15, -0.1) is 11.3 Å². The van der Waals surface area contributed by atoms with Gasteiger partial charge in [-0.2, -0.15) is 5.10 Å². The molecular weight excluding hydrogens is 366 g/mol. The predicted octanol–water partition coefficient (Wildman–Crippen LogP) is 5.32. The van der Waals surface area contributed by atoms with Crippen LogP contribution in [-0.4, -0.2) is 21.7 Å². The Balaban J connectivity index is 1.72. The smallest absolute Gasteiger partial charge is 0.270 e. The number of hydrogen-bond acceptors (Lipinski definition) is 3. The van der Waals surface area contributed by atoms with Crippen molar-refractivity contribution in [3.63, 3.8) is 0 Å². The number of nitrogens with one attached hydrogen (secondary N) is 1. The maximum Gasteiger partial charge on any atom is 0.270 e. The quantitative estimate of drug-likeness (QED) is 0.660. The lowest BCUT2D eigenvalue weighted by Crippen LogP contribution is -2.37. The van der Waals surface area contributed by atoms with Crippen LogP contribution in [-0.2, 0) is 0 Å². The van der Waals surface area contributed by atoms with E-state index in [1.54, 1.807) is 16.0 Å². The van der Waals surface area contributed by atoms with Crippen LogP contribution in [0.15, 0.2) is 47.8 Å². The fourth-order valence-corrected chi connectivity index (χ4v) is 4.30. The highest BCUT2D eigenvalue weighted by molar-refractivity contribution is 7.13. The van der Waals surface area contributed by atoms with Crippen molar-refractivity contribution in [2.75, 3.05) is 0 Å². The third kappa shape index (κ3) is 3.55. The lowest BCUT2D eigenvalue weighted by Gasteiger charge is -2.22. The first kappa shape index (κ1) is 17.3. The molecule has 0 bridgehead atoms. The van der Waals surface area contributed by atoms with Crippen LogP contribution in [0.4, 0.5) is 0 Å². The Hall–Kier alpha value is -2.11. The summed E-state index contributed by atoms with van der Waals surface area (Å²) in [5.41, 5.74) is 2.02. The second-order valence-electron chi connectivity index (χ2n) is 6.56. The van der Waals surface area contributed by atoms with Crippen molar-refractivity contribution >= 4 is 28.8 Å². The van der Waals surface area contributed by atoms with Crippen LogP contribution in [0.25, 0.3) is 16.3 Å². The number of carbonyl (C=O) groups is 1. The van der Waals surface area contributed by atoms with Gasteiger partial charge in [0.15, 0.2) is 0 Å². The second-order valence-corrected chi connectivity index (χ2v) is 7.92. The molecule has 1 saturated carbocycles. The lowest BCUT2D eigenvalue weighted by molar-refractivity contribution is 0.0920. The number of thiophene rings is 1. The Labute approximate surface area is 161 Å². The van der Waals surface area contributed by atoms with Crippen LogP contribution in [0.5, 0.6) is 0 Å². The molecule has 0 spiro atoms. The molecule has 1 aliphatic carbocycles. The molecule has 6 heteroatoms. The Morgan fingerprint density at radius 1 is 1.15 bits per heavy atom. The van der Waals surface area contributed by atoms with Crippen LogP contribution in [0.2, 0.25) is 5.02 Å². The van der Waals surface area contributed by atoms with Gasteiger partial charge in [0, 0.05) is 6.04 Å². The molecule has 4 rings (SSSR count). The normalized spacial score (nSPS) is 15.1. The van der Waals surface area contributed by atoms with Crippen molar-refractivity contribution in [2.45, 2.75) is 38.1 Å². The minimum absolute atomic E-state index is 0.0906. The number of aromatic nitrogens is 2. The topological polar surface area (TPSA) is 46.9 Å². The molecule has 0 atom stereocenters. The van der Waals surface area contributed by atoms with E-state index in [9.17, 15) is 4.79 Å². The van der Waals surface area contributed by atoms with Crippen molar-refractivity contribution in [1.29, 1.82) is 0 Å². The molecule has 0 aliphatic heterocycles. The number of halogens is 1. The molecule has 1 aliphatic rings. The first-order chi connectivity index (χ1) is 12.7. The summed E-state index contributed by atoms with van der Waals surface area (Å²) in [6, 6.07) is 13.6. The van der Waals surface area contributed by atoms with E-state index >= 15 is 0 Å². The summed E-state index contributed by atoms with van der Waals surface area (Å²) < 4.78 is 1.66. The largest absolute Gasteiger partial charge is 0.348 e. The average Bonchev–Trinajstić information content (AvgIpc) is 3.33. The molecule has 4 nitrogen and oxygen atoms in total. The molecule has 0 radical (unpaired) electrons. The van der Waals surface area contributed by atoms with Gasteiger partial charge >= 0.3 is 0 Å². The van der Waals surface area contributed by atoms with Gasteiger partial charge in [0.2, 0.25) is 0 Å². The minimum Gasteiger partial charge on any atom is -0.348 e. The van der Waals surface area contributed by atoms with Crippen LogP contribution >= 0.6 is 22.9 Å². The molecule has 0 saturated heterocycles. The monoisotopic (exact) mass is 385 g/mol. The SMILES string of the molecule is O=C(NC1CCCCC1)c1cc(-c2cccs2)nn1-c1ccccc1Cl. The molecule has 1 aromatic carbocycles. The summed E-state index contributed by atoms with van der Waals surface area (Å²) in [5.74, 6) is -0.0906. The number of benzene rings is 1. The van der Waals surface area contributed by atoms with Gasteiger partial charge in [-0.25, -0.2) is 4.68 Å². The van der Waals surface area contributed by atoms with Gasteiger partial charge in [-0.05, 0) is 42.5 Å². The van der Waals surface area contributed by atoms with E-state index in [-0.39, 0.29) is 11.9 Å². The molecule has 2 heterocycles. The Morgan fingerprint density at radius 3 is 2.69 bits per heavy atom. The van der Waals surface area contributed by atoms with E-state index in [0.717, 1.165) is 23.4 Å². The molecular formula is C20H20ClN3OS. The molecule has 1 fully saturated rings. The van der Waals surface area contributed by atoms with E-state index in [0.29, 0.717) is 16.4 Å². The molecule has 1 N–H and O–H groups in total. The van der Waals surface area contributed by atoms with Crippen LogP contribution < -0.4 is 5.32 Å². The summed E-state index contributed by atoms with van der Waals surface area (Å²) in [6.07, 6.45) is 5.70. The average molecular weight is 386 g/mol. The minimum atomic E-state index is -0.0906. The third-order valence-corrected chi connectivity index (χ3v) is 5.95. The fraction of sp³-hybridized carbons (Fsp3) is 0.300. The van der Waals surface area contributed by atoms with Crippen LogP contribution in [0, 0.1) is 0 Å². The van der Waals surface area contributed by atoms with Crippen molar-refractivity contribution < 1.29 is 4.79 Å². The number of amides is 1. The third-order valence-electron chi connectivity index (χ3n) is 4.74. The maximum absolute atomic E-state index is 13.0. The Morgan fingerprint density at radius 2 is 1.96 bits per heavy atom. The number of carbonyl (C=O) groups excluding carboxylic acids is 1. The van der Waals surface area contributed by atoms with Gasteiger partial charge in [0.05, 0.1) is 15.6 Å². The second kappa shape index (κ2) is 7.64. The zero-order valence-corrected chi connectivity index (χ0v) is 15.9. The molecule has 134 valence electrons. The Bertz CT molecular complexity index is 898. The van der Waals surface area contributed by atoms with Crippen LogP contribution in [0.3, 0.4) is 0 Å². The van der Waals surface area contributed by atoms with Gasteiger partial charge in [0.1, 0.15) is 11.4 Å². The summed E-state index contributed by atoms with van der Waals surface area (Å²) in [6.45, 7) is 0. The first-order valence-corrected chi connectivity index (χ1v) is 10.2. The highest BCUT2D eigenvalue weighted by Crippen LogP contribution is 2.28. The van der Waals surface area contributed by atoms with Gasteiger partial charge in [-0.1, -0.05) is 49.1 Å². The van der Waals surface area contributed by atoms with Gasteiger partial charge < -0.3 is 5.32 Å². The van der Waals surface area contributed by atoms with Gasteiger partial charge in [-0.3, -0.25) is 4.79 Å². The predicted molar refractivity (Wildman–Crippen MR) is 106 cm³/mol. The molecule has 0 unspecified atom stereocenters. The van der Waals surface area contributed by atoms with Crippen molar-refractivity contribution in [2.24, 2.45) is 0 Å². The zero-order chi connectivity index (χ0) is 17.9. The highest BCUT2D eigenvalue weighted by atomic mass is 35.5. The summed E-state index contributed by atoms with van der Waals surface area (Å²) in [4.78, 5) is 14.0. The Kier molecular flexibility index (Phi) is 5.09. The molecule has 3 aromatic rings. The maximum atomic E-state index is 13.0. The summed E-state index contributed by atoms with van der Waals surface area (Å²) in [5, 5.41) is 10.4. The highest BCUT2D eigenvalue weighted by Gasteiger charge is 2.22. The standard InChI is InChI=1S/C20H20ClN3OS/c21-15-9-4-5-10-17(15)24-18(13-16(23-24)19-11-6-12-26-19)20(25)22-14-7-2-1-3-8-14/h4-6,9-14H,1-3,7-8H2,(H,22,25).